The molecule has 1 amide bonds. The zero-order chi connectivity index (χ0) is 17.8. The molecule has 0 unspecified atom stereocenters. The third kappa shape index (κ3) is 3.98. The van der Waals surface area contributed by atoms with Gasteiger partial charge in [0, 0.05) is 18.5 Å². The van der Waals surface area contributed by atoms with Crippen LogP contribution in [0.3, 0.4) is 0 Å². The molecule has 1 N–H and O–H groups in total. The Bertz CT molecular complexity index is 965. The summed E-state index contributed by atoms with van der Waals surface area (Å²) in [5, 5.41) is 2.73. The molecule has 6 heteroatoms. The highest BCUT2D eigenvalue weighted by molar-refractivity contribution is 6.03. The minimum Gasteiger partial charge on any atom is -0.310 e. The molecule has 0 aliphatic carbocycles. The Labute approximate surface area is 143 Å². The molecular weight excluding hydrogens is 321 g/mol. The van der Waals surface area contributed by atoms with Crippen LogP contribution in [0.15, 0.2) is 65.7 Å². The Balaban J connectivity index is 1.83. The lowest BCUT2D eigenvalue weighted by Gasteiger charge is -2.10. The minimum atomic E-state index is -0.352. The molecule has 126 valence electrons. The number of nitrogens with one attached hydrogen (secondary N) is 1. The second-order valence-corrected chi connectivity index (χ2v) is 5.63. The number of carbonyl (C=O) groups excluding carboxylic acids is 1. The number of hydrogen-bond donors (Lipinski definition) is 1. The number of carbonyl (C=O) groups is 1. The van der Waals surface area contributed by atoms with Crippen molar-refractivity contribution < 1.29 is 9.18 Å². The van der Waals surface area contributed by atoms with Crippen LogP contribution in [0.25, 0.3) is 0 Å². The maximum atomic E-state index is 13.0. The van der Waals surface area contributed by atoms with Gasteiger partial charge in [0.05, 0.1) is 12.1 Å². The van der Waals surface area contributed by atoms with Gasteiger partial charge in [-0.25, -0.2) is 9.37 Å². The lowest BCUT2D eigenvalue weighted by atomic mass is 10.2. The van der Waals surface area contributed by atoms with Crippen molar-refractivity contribution in [2.45, 2.75) is 13.5 Å². The predicted molar refractivity (Wildman–Crippen MR) is 93.1 cm³/mol. The monoisotopic (exact) mass is 337 g/mol. The normalized spacial score (nSPS) is 10.5. The van der Waals surface area contributed by atoms with E-state index in [1.165, 1.54) is 35.0 Å². The van der Waals surface area contributed by atoms with Crippen LogP contribution in [0.5, 0.6) is 0 Å². The molecule has 0 saturated heterocycles. The van der Waals surface area contributed by atoms with Crippen LogP contribution in [-0.4, -0.2) is 15.5 Å². The molecule has 2 heterocycles. The molecule has 0 spiro atoms. The van der Waals surface area contributed by atoms with E-state index in [0.29, 0.717) is 11.4 Å². The summed E-state index contributed by atoms with van der Waals surface area (Å²) in [6.45, 7) is 2.10. The average Bonchev–Trinajstić information content (AvgIpc) is 2.60. The number of nitrogens with zero attached hydrogens (tertiary/aromatic N) is 2. The summed E-state index contributed by atoms with van der Waals surface area (Å²) in [4.78, 5) is 28.6. The predicted octanol–water partition coefficient (Wildman–Crippen LogP) is 2.99. The number of halogens is 1. The van der Waals surface area contributed by atoms with Gasteiger partial charge in [-0.05, 0) is 42.3 Å². The van der Waals surface area contributed by atoms with Crippen LogP contribution in [0, 0.1) is 12.7 Å². The third-order valence-electron chi connectivity index (χ3n) is 3.75. The summed E-state index contributed by atoms with van der Waals surface area (Å²) in [6.07, 6.45) is 3.08. The lowest BCUT2D eigenvalue weighted by molar-refractivity contribution is 0.102. The van der Waals surface area contributed by atoms with Crippen molar-refractivity contribution in [3.05, 3.63) is 93.8 Å². The molecule has 1 aromatic carbocycles. The molecule has 0 bridgehead atoms. The van der Waals surface area contributed by atoms with Gasteiger partial charge < -0.3 is 9.88 Å². The summed E-state index contributed by atoms with van der Waals surface area (Å²) in [5.74, 6) is -0.214. The molecule has 0 saturated carbocycles. The summed E-state index contributed by atoms with van der Waals surface area (Å²) in [5.41, 5.74) is 1.71. The zero-order valence-corrected chi connectivity index (χ0v) is 13.6. The first-order chi connectivity index (χ1) is 12.0. The van der Waals surface area contributed by atoms with Gasteiger partial charge >= 0.3 is 0 Å². The molecule has 0 aliphatic heterocycles. The van der Waals surface area contributed by atoms with E-state index in [1.54, 1.807) is 24.4 Å². The first kappa shape index (κ1) is 16.6. The second kappa shape index (κ2) is 7.09. The Morgan fingerprint density at radius 2 is 1.92 bits per heavy atom. The van der Waals surface area contributed by atoms with E-state index in [9.17, 15) is 14.0 Å². The van der Waals surface area contributed by atoms with Crippen molar-refractivity contribution in [3.8, 4) is 0 Å². The van der Waals surface area contributed by atoms with Gasteiger partial charge in [0.2, 0.25) is 0 Å². The molecule has 5 nitrogen and oxygen atoms in total. The van der Waals surface area contributed by atoms with E-state index in [0.717, 1.165) is 11.1 Å². The van der Waals surface area contributed by atoms with Gasteiger partial charge in [0.15, 0.2) is 0 Å². The Kier molecular flexibility index (Phi) is 4.70. The van der Waals surface area contributed by atoms with Crippen LogP contribution in [0.2, 0.25) is 0 Å². The topological polar surface area (TPSA) is 64.0 Å². The first-order valence-corrected chi connectivity index (χ1v) is 7.71. The largest absolute Gasteiger partial charge is 0.310 e. The highest BCUT2D eigenvalue weighted by Crippen LogP contribution is 2.11. The molecule has 0 atom stereocenters. The van der Waals surface area contributed by atoms with Gasteiger partial charge in [0.1, 0.15) is 11.6 Å². The second-order valence-electron chi connectivity index (χ2n) is 5.63. The standard InChI is InChI=1S/C19H16FN3O2/c1-13-3-2-10-21-18(13)22-19(25)15-6-9-17(24)23(12-15)11-14-4-7-16(20)8-5-14/h2-10,12H,11H2,1H3,(H,21,22,25). The fourth-order valence-corrected chi connectivity index (χ4v) is 2.37. The third-order valence-corrected chi connectivity index (χ3v) is 3.75. The van der Waals surface area contributed by atoms with Crippen molar-refractivity contribution in [1.82, 2.24) is 9.55 Å². The summed E-state index contributed by atoms with van der Waals surface area (Å²) >= 11 is 0. The highest BCUT2D eigenvalue weighted by Gasteiger charge is 2.10. The van der Waals surface area contributed by atoms with E-state index >= 15 is 0 Å². The lowest BCUT2D eigenvalue weighted by Crippen LogP contribution is -2.23. The summed E-state index contributed by atoms with van der Waals surface area (Å²) < 4.78 is 14.4. The smallest absolute Gasteiger partial charge is 0.258 e. The van der Waals surface area contributed by atoms with Gasteiger partial charge in [-0.15, -0.1) is 0 Å². The fourth-order valence-electron chi connectivity index (χ4n) is 2.37. The van der Waals surface area contributed by atoms with E-state index in [-0.39, 0.29) is 23.8 Å². The van der Waals surface area contributed by atoms with Gasteiger partial charge in [-0.1, -0.05) is 18.2 Å². The van der Waals surface area contributed by atoms with Gasteiger partial charge in [0.25, 0.3) is 11.5 Å². The van der Waals surface area contributed by atoms with Gasteiger partial charge in [-0.3, -0.25) is 9.59 Å². The Morgan fingerprint density at radius 3 is 2.64 bits per heavy atom. The quantitative estimate of drug-likeness (QED) is 0.796. The van der Waals surface area contributed by atoms with Crippen LogP contribution in [0.1, 0.15) is 21.5 Å². The van der Waals surface area contributed by atoms with Crippen molar-refractivity contribution >= 4 is 11.7 Å². The van der Waals surface area contributed by atoms with Crippen LogP contribution < -0.4 is 10.9 Å². The summed E-state index contributed by atoms with van der Waals surface area (Å²) in [7, 11) is 0. The zero-order valence-electron chi connectivity index (χ0n) is 13.6. The summed E-state index contributed by atoms with van der Waals surface area (Å²) in [6, 6.07) is 12.3. The number of rotatable bonds is 4. The molecule has 0 aliphatic rings. The highest BCUT2D eigenvalue weighted by atomic mass is 19.1. The molecule has 3 rings (SSSR count). The van der Waals surface area contributed by atoms with Crippen molar-refractivity contribution in [3.63, 3.8) is 0 Å². The fraction of sp³-hybridized carbons (Fsp3) is 0.105. The van der Waals surface area contributed by atoms with Crippen molar-refractivity contribution in [2.24, 2.45) is 0 Å². The Hall–Kier alpha value is -3.28. The van der Waals surface area contributed by atoms with Crippen LogP contribution in [-0.2, 0) is 6.54 Å². The Morgan fingerprint density at radius 1 is 1.16 bits per heavy atom. The molecule has 3 aromatic rings. The maximum Gasteiger partial charge on any atom is 0.258 e. The number of benzene rings is 1. The number of hydrogen-bond acceptors (Lipinski definition) is 3. The molecule has 2 aromatic heterocycles. The SMILES string of the molecule is Cc1cccnc1NC(=O)c1ccc(=O)n(Cc2ccc(F)cc2)c1. The van der Waals surface area contributed by atoms with E-state index in [4.69, 9.17) is 0 Å². The molecular formula is C19H16FN3O2. The van der Waals surface area contributed by atoms with E-state index < -0.39 is 0 Å². The van der Waals surface area contributed by atoms with Crippen molar-refractivity contribution in [2.75, 3.05) is 5.32 Å². The molecule has 0 fully saturated rings. The number of aryl methyl sites for hydroxylation is 1. The van der Waals surface area contributed by atoms with E-state index in [1.807, 2.05) is 13.0 Å². The number of anilines is 1. The maximum absolute atomic E-state index is 13.0. The minimum absolute atomic E-state index is 0.241. The van der Waals surface area contributed by atoms with Crippen molar-refractivity contribution in [1.29, 1.82) is 0 Å². The van der Waals surface area contributed by atoms with E-state index in [2.05, 4.69) is 10.3 Å². The first-order valence-electron chi connectivity index (χ1n) is 7.71. The molecule has 25 heavy (non-hydrogen) atoms. The number of aromatic nitrogens is 2. The van der Waals surface area contributed by atoms with Crippen LogP contribution in [0.4, 0.5) is 10.2 Å². The number of pyridine rings is 2. The van der Waals surface area contributed by atoms with Crippen LogP contribution >= 0.6 is 0 Å². The number of amides is 1. The molecule has 0 radical (unpaired) electrons. The van der Waals surface area contributed by atoms with Gasteiger partial charge in [-0.2, -0.15) is 0 Å². The average molecular weight is 337 g/mol.